The molecule has 0 spiro atoms. The number of hydrogen-bond acceptors (Lipinski definition) is 11. The number of hydrogen-bond donors (Lipinski definition) is 3. The second-order valence-electron chi connectivity index (χ2n) is 11.4. The van der Waals surface area contributed by atoms with Gasteiger partial charge in [-0.2, -0.15) is 15.0 Å². The Morgan fingerprint density at radius 3 is 2.16 bits per heavy atom. The Labute approximate surface area is 267 Å². The van der Waals surface area contributed by atoms with E-state index >= 15 is 0 Å². The molecule has 13 nitrogen and oxygen atoms in total. The standard InChI is InChI=1S/C31H38ClN9O4/c32-23-6-4-22(5-7-23)28(44)34-25-9-8-24(20-26(25)42)33-29-35-30(40-10-2-1-3-11-40)37-31(36-29)41-14-12-38(13-15-41)21-27(43)39-16-18-45-19-17-39/h4-9,20,42H,1-3,10-19,21H2,(H,34,44)(H,33,35,36,37). The number of anilines is 5. The number of piperidine rings is 1. The van der Waals surface area contributed by atoms with Crippen molar-refractivity contribution in [3.05, 3.63) is 53.1 Å². The average molecular weight is 636 g/mol. The number of rotatable bonds is 8. The summed E-state index contributed by atoms with van der Waals surface area (Å²) in [5.41, 5.74) is 1.26. The number of phenols is 1. The van der Waals surface area contributed by atoms with Crippen LogP contribution >= 0.6 is 11.6 Å². The molecule has 0 unspecified atom stereocenters. The molecule has 6 rings (SSSR count). The van der Waals surface area contributed by atoms with Crippen LogP contribution in [0.15, 0.2) is 42.5 Å². The van der Waals surface area contributed by atoms with E-state index in [4.69, 9.17) is 31.3 Å². The predicted octanol–water partition coefficient (Wildman–Crippen LogP) is 3.20. The fourth-order valence-electron chi connectivity index (χ4n) is 5.64. The molecule has 0 aliphatic carbocycles. The van der Waals surface area contributed by atoms with Crippen molar-refractivity contribution in [1.29, 1.82) is 0 Å². The first-order chi connectivity index (χ1) is 21.9. The number of aromatic nitrogens is 3. The molecule has 0 radical (unpaired) electrons. The van der Waals surface area contributed by atoms with Gasteiger partial charge >= 0.3 is 0 Å². The van der Waals surface area contributed by atoms with Gasteiger partial charge in [0.15, 0.2) is 0 Å². The fourth-order valence-corrected chi connectivity index (χ4v) is 5.76. The maximum atomic E-state index is 12.8. The average Bonchev–Trinajstić information content (AvgIpc) is 3.07. The largest absolute Gasteiger partial charge is 0.506 e. The molecule has 1 aromatic heterocycles. The van der Waals surface area contributed by atoms with Crippen LogP contribution in [-0.4, -0.2) is 114 Å². The number of phenolic OH excluding ortho intramolecular Hbond substituents is 1. The summed E-state index contributed by atoms with van der Waals surface area (Å²) < 4.78 is 5.37. The smallest absolute Gasteiger partial charge is 0.255 e. The predicted molar refractivity (Wildman–Crippen MR) is 173 cm³/mol. The Bertz CT molecular complexity index is 1490. The van der Waals surface area contributed by atoms with Crippen LogP contribution in [0.2, 0.25) is 5.02 Å². The van der Waals surface area contributed by atoms with Gasteiger partial charge in [-0.05, 0) is 55.7 Å². The molecule has 4 heterocycles. The summed E-state index contributed by atoms with van der Waals surface area (Å²) in [6.45, 7) is 7.46. The quantitative estimate of drug-likeness (QED) is 0.315. The van der Waals surface area contributed by atoms with Gasteiger partial charge in [0.05, 0.1) is 25.4 Å². The first kappa shape index (κ1) is 30.8. The summed E-state index contributed by atoms with van der Waals surface area (Å²) in [7, 11) is 0. The highest BCUT2D eigenvalue weighted by Gasteiger charge is 2.26. The van der Waals surface area contributed by atoms with E-state index in [1.807, 2.05) is 4.90 Å². The minimum absolute atomic E-state index is 0.101. The molecule has 3 fully saturated rings. The minimum atomic E-state index is -0.360. The minimum Gasteiger partial charge on any atom is -0.506 e. The topological polar surface area (TPSA) is 139 Å². The molecule has 2 aromatic carbocycles. The Morgan fingerprint density at radius 1 is 0.822 bits per heavy atom. The summed E-state index contributed by atoms with van der Waals surface area (Å²) in [4.78, 5) is 48.1. The van der Waals surface area contributed by atoms with Crippen molar-refractivity contribution in [3.63, 3.8) is 0 Å². The number of carbonyl (C=O) groups is 2. The lowest BCUT2D eigenvalue weighted by Gasteiger charge is -2.36. The zero-order valence-corrected chi connectivity index (χ0v) is 25.9. The lowest BCUT2D eigenvalue weighted by Crippen LogP contribution is -2.52. The monoisotopic (exact) mass is 635 g/mol. The molecule has 3 N–H and O–H groups in total. The first-order valence-electron chi connectivity index (χ1n) is 15.4. The number of carbonyl (C=O) groups excluding carboxylic acids is 2. The summed E-state index contributed by atoms with van der Waals surface area (Å²) in [5, 5.41) is 17.2. The van der Waals surface area contributed by atoms with Gasteiger partial charge in [-0.1, -0.05) is 11.6 Å². The van der Waals surface area contributed by atoms with Gasteiger partial charge in [0.25, 0.3) is 5.91 Å². The van der Waals surface area contributed by atoms with Crippen molar-refractivity contribution >= 4 is 52.6 Å². The van der Waals surface area contributed by atoms with Crippen molar-refractivity contribution in [2.24, 2.45) is 0 Å². The van der Waals surface area contributed by atoms with Crippen LogP contribution < -0.4 is 20.4 Å². The highest BCUT2D eigenvalue weighted by Crippen LogP contribution is 2.30. The lowest BCUT2D eigenvalue weighted by molar-refractivity contribution is -0.136. The van der Waals surface area contributed by atoms with Gasteiger partial charge in [-0.3, -0.25) is 14.5 Å². The Hall–Kier alpha value is -4.20. The van der Waals surface area contributed by atoms with Gasteiger partial charge in [-0.25, -0.2) is 0 Å². The number of benzene rings is 2. The number of nitrogens with one attached hydrogen (secondary N) is 2. The Kier molecular flexibility index (Phi) is 9.77. The number of amides is 2. The van der Waals surface area contributed by atoms with E-state index in [1.54, 1.807) is 36.4 Å². The fraction of sp³-hybridized carbons (Fsp3) is 0.452. The second-order valence-corrected chi connectivity index (χ2v) is 11.8. The molecule has 238 valence electrons. The van der Waals surface area contributed by atoms with E-state index in [-0.39, 0.29) is 23.3 Å². The van der Waals surface area contributed by atoms with Crippen LogP contribution in [0.5, 0.6) is 5.75 Å². The van der Waals surface area contributed by atoms with E-state index in [2.05, 4.69) is 25.3 Å². The lowest BCUT2D eigenvalue weighted by atomic mass is 10.1. The molecule has 3 aliphatic rings. The van der Waals surface area contributed by atoms with Gasteiger partial charge in [0.1, 0.15) is 5.75 Å². The van der Waals surface area contributed by atoms with Gasteiger partial charge in [0.2, 0.25) is 23.8 Å². The van der Waals surface area contributed by atoms with Gasteiger partial charge < -0.3 is 35.2 Å². The van der Waals surface area contributed by atoms with E-state index in [0.29, 0.717) is 80.1 Å². The van der Waals surface area contributed by atoms with E-state index in [0.717, 1.165) is 39.0 Å². The molecule has 3 aliphatic heterocycles. The molecule has 45 heavy (non-hydrogen) atoms. The molecular weight excluding hydrogens is 598 g/mol. The maximum Gasteiger partial charge on any atom is 0.255 e. The zero-order chi connectivity index (χ0) is 31.2. The number of nitrogens with zero attached hydrogens (tertiary/aromatic N) is 7. The van der Waals surface area contributed by atoms with Crippen molar-refractivity contribution in [2.45, 2.75) is 19.3 Å². The summed E-state index contributed by atoms with van der Waals surface area (Å²) >= 11 is 5.92. The van der Waals surface area contributed by atoms with Crippen LogP contribution in [0.4, 0.5) is 29.2 Å². The Balaban J connectivity index is 1.14. The van der Waals surface area contributed by atoms with E-state index in [1.165, 1.54) is 12.5 Å². The van der Waals surface area contributed by atoms with Crippen LogP contribution in [0, 0.1) is 0 Å². The molecule has 2 amide bonds. The van der Waals surface area contributed by atoms with Crippen LogP contribution in [0.25, 0.3) is 0 Å². The highest BCUT2D eigenvalue weighted by atomic mass is 35.5. The van der Waals surface area contributed by atoms with Crippen LogP contribution in [0.3, 0.4) is 0 Å². The van der Waals surface area contributed by atoms with Crippen LogP contribution in [0.1, 0.15) is 29.6 Å². The zero-order valence-electron chi connectivity index (χ0n) is 25.1. The number of piperazine rings is 1. The van der Waals surface area contributed by atoms with Crippen molar-refractivity contribution in [2.75, 3.05) is 92.5 Å². The van der Waals surface area contributed by atoms with Gasteiger partial charge in [0, 0.05) is 74.7 Å². The second kappa shape index (κ2) is 14.3. The molecule has 0 bridgehead atoms. The molecule has 0 saturated carbocycles. The molecule has 3 saturated heterocycles. The summed E-state index contributed by atoms with van der Waals surface area (Å²) in [6, 6.07) is 11.4. The molecule has 0 atom stereocenters. The summed E-state index contributed by atoms with van der Waals surface area (Å²) in [6.07, 6.45) is 3.35. The Morgan fingerprint density at radius 2 is 1.49 bits per heavy atom. The molecule has 3 aromatic rings. The number of halogens is 1. The number of morpholine rings is 1. The van der Waals surface area contributed by atoms with Crippen molar-refractivity contribution < 1.29 is 19.4 Å². The maximum absolute atomic E-state index is 12.8. The van der Waals surface area contributed by atoms with Crippen LogP contribution in [-0.2, 0) is 9.53 Å². The highest BCUT2D eigenvalue weighted by molar-refractivity contribution is 6.30. The van der Waals surface area contributed by atoms with Gasteiger partial charge in [-0.15, -0.1) is 0 Å². The molecule has 14 heteroatoms. The summed E-state index contributed by atoms with van der Waals surface area (Å²) in [5.74, 6) is 1.23. The molecular formula is C31H38ClN9O4. The van der Waals surface area contributed by atoms with Crippen molar-refractivity contribution in [1.82, 2.24) is 24.8 Å². The first-order valence-corrected chi connectivity index (χ1v) is 15.8. The SMILES string of the molecule is O=C(Nc1ccc(Nc2nc(N3CCCCC3)nc(N3CCN(CC(=O)N4CCOCC4)CC3)n2)cc1O)c1ccc(Cl)cc1. The number of ether oxygens (including phenoxy) is 1. The third-order valence-electron chi connectivity index (χ3n) is 8.24. The third kappa shape index (κ3) is 7.91. The third-order valence-corrected chi connectivity index (χ3v) is 8.49. The normalized spacial score (nSPS) is 17.7. The van der Waals surface area contributed by atoms with Crippen molar-refractivity contribution in [3.8, 4) is 5.75 Å². The number of aromatic hydroxyl groups is 1. The van der Waals surface area contributed by atoms with E-state index in [9.17, 15) is 14.7 Å². The van der Waals surface area contributed by atoms with E-state index < -0.39 is 0 Å².